The molecule has 0 spiro atoms. The minimum absolute atomic E-state index is 0.127. The maximum atomic E-state index is 12.7. The fourth-order valence-corrected chi connectivity index (χ4v) is 3.27. The molecule has 0 bridgehead atoms. The van der Waals surface area contributed by atoms with Gasteiger partial charge in [-0.15, -0.1) is 0 Å². The van der Waals surface area contributed by atoms with Gasteiger partial charge in [-0.05, 0) is 37.8 Å². The maximum Gasteiger partial charge on any atom is 0.307 e. The number of likely N-dealkylation sites (tertiary alicyclic amines) is 1. The van der Waals surface area contributed by atoms with Gasteiger partial charge in [-0.1, -0.05) is 30.3 Å². The van der Waals surface area contributed by atoms with Crippen LogP contribution in [0.3, 0.4) is 0 Å². The van der Waals surface area contributed by atoms with E-state index in [2.05, 4.69) is 0 Å². The number of aliphatic carboxylic acids is 1. The summed E-state index contributed by atoms with van der Waals surface area (Å²) < 4.78 is 0. The van der Waals surface area contributed by atoms with E-state index in [1.54, 1.807) is 0 Å². The van der Waals surface area contributed by atoms with Crippen molar-refractivity contribution in [3.63, 3.8) is 0 Å². The molecule has 1 heterocycles. The second-order valence-electron chi connectivity index (χ2n) is 6.65. The van der Waals surface area contributed by atoms with Crippen molar-refractivity contribution in [2.24, 2.45) is 5.92 Å². The van der Waals surface area contributed by atoms with Crippen LogP contribution in [0.1, 0.15) is 31.2 Å². The molecular weight excluding hydrogens is 292 g/mol. The normalized spacial score (nSPS) is 21.8. The number of rotatable bonds is 6. The molecule has 1 unspecified atom stereocenters. The van der Waals surface area contributed by atoms with Gasteiger partial charge in [-0.3, -0.25) is 14.5 Å². The minimum atomic E-state index is -0.745. The Morgan fingerprint density at radius 3 is 2.57 bits per heavy atom. The highest BCUT2D eigenvalue weighted by molar-refractivity contribution is 5.79. The molecule has 2 aliphatic rings. The van der Waals surface area contributed by atoms with E-state index in [1.165, 1.54) is 0 Å². The summed E-state index contributed by atoms with van der Waals surface area (Å²) in [5, 5.41) is 9.17. The van der Waals surface area contributed by atoms with E-state index in [0.717, 1.165) is 37.8 Å². The third kappa shape index (κ3) is 4.32. The van der Waals surface area contributed by atoms with Crippen LogP contribution in [0.2, 0.25) is 0 Å². The summed E-state index contributed by atoms with van der Waals surface area (Å²) in [6, 6.07) is 10.4. The molecule has 1 saturated heterocycles. The topological polar surface area (TPSA) is 60.9 Å². The van der Waals surface area contributed by atoms with Crippen LogP contribution in [-0.2, 0) is 16.1 Å². The number of carboxylic acid groups (broad SMARTS) is 1. The highest BCUT2D eigenvalue weighted by atomic mass is 16.4. The molecule has 0 radical (unpaired) electrons. The highest BCUT2D eigenvalue weighted by Crippen LogP contribution is 2.29. The van der Waals surface area contributed by atoms with Crippen molar-refractivity contribution in [2.75, 3.05) is 19.6 Å². The van der Waals surface area contributed by atoms with E-state index in [-0.39, 0.29) is 11.8 Å². The monoisotopic (exact) mass is 316 g/mol. The number of piperidine rings is 1. The van der Waals surface area contributed by atoms with E-state index in [4.69, 9.17) is 0 Å². The number of hydrogen-bond donors (Lipinski definition) is 1. The van der Waals surface area contributed by atoms with Crippen molar-refractivity contribution >= 4 is 11.9 Å². The molecule has 124 valence electrons. The fraction of sp³-hybridized carbons (Fsp3) is 0.556. The molecule has 1 aromatic rings. The summed E-state index contributed by atoms with van der Waals surface area (Å²) in [6.45, 7) is 2.30. The molecule has 1 saturated carbocycles. The van der Waals surface area contributed by atoms with Crippen LogP contribution in [0.5, 0.6) is 0 Å². The molecule has 1 aromatic carbocycles. The number of carbonyl (C=O) groups is 2. The third-order valence-corrected chi connectivity index (χ3v) is 4.72. The van der Waals surface area contributed by atoms with E-state index in [0.29, 0.717) is 25.7 Å². The average Bonchev–Trinajstić information content (AvgIpc) is 3.38. The minimum Gasteiger partial charge on any atom is -0.481 e. The van der Waals surface area contributed by atoms with Gasteiger partial charge >= 0.3 is 5.97 Å². The zero-order valence-electron chi connectivity index (χ0n) is 13.4. The van der Waals surface area contributed by atoms with Crippen LogP contribution in [0.4, 0.5) is 0 Å². The van der Waals surface area contributed by atoms with Gasteiger partial charge in [0.05, 0.1) is 12.5 Å². The van der Waals surface area contributed by atoms with Gasteiger partial charge in [0.15, 0.2) is 0 Å². The Morgan fingerprint density at radius 2 is 1.91 bits per heavy atom. The molecule has 23 heavy (non-hydrogen) atoms. The van der Waals surface area contributed by atoms with Crippen molar-refractivity contribution < 1.29 is 14.7 Å². The first-order valence-electron chi connectivity index (χ1n) is 8.42. The van der Waals surface area contributed by atoms with Crippen LogP contribution < -0.4 is 0 Å². The Morgan fingerprint density at radius 1 is 1.17 bits per heavy atom. The second kappa shape index (κ2) is 7.13. The smallest absolute Gasteiger partial charge is 0.307 e. The standard InChI is InChI=1S/C18H24N2O3/c21-17(13-19-10-4-7-15(12-19)18(22)23)20(16-8-9-16)11-14-5-2-1-3-6-14/h1-3,5-6,15-16H,4,7-13H2,(H,22,23). The Labute approximate surface area is 136 Å². The fourth-order valence-electron chi connectivity index (χ4n) is 3.27. The number of carbonyl (C=O) groups excluding carboxylic acids is 1. The summed E-state index contributed by atoms with van der Waals surface area (Å²) >= 11 is 0. The summed E-state index contributed by atoms with van der Waals surface area (Å²) in [6.07, 6.45) is 3.73. The molecule has 0 aromatic heterocycles. The zero-order chi connectivity index (χ0) is 16.2. The molecule has 5 heteroatoms. The Kier molecular flexibility index (Phi) is 4.96. The van der Waals surface area contributed by atoms with Crippen molar-refractivity contribution in [1.82, 2.24) is 9.80 Å². The molecular formula is C18H24N2O3. The van der Waals surface area contributed by atoms with Crippen molar-refractivity contribution in [2.45, 2.75) is 38.3 Å². The van der Waals surface area contributed by atoms with Gasteiger partial charge in [-0.2, -0.15) is 0 Å². The second-order valence-corrected chi connectivity index (χ2v) is 6.65. The van der Waals surface area contributed by atoms with Crippen LogP contribution >= 0.6 is 0 Å². The van der Waals surface area contributed by atoms with Gasteiger partial charge in [-0.25, -0.2) is 0 Å². The van der Waals surface area contributed by atoms with Gasteiger partial charge in [0, 0.05) is 19.1 Å². The molecule has 3 rings (SSSR count). The Hall–Kier alpha value is -1.88. The maximum absolute atomic E-state index is 12.7. The van der Waals surface area contributed by atoms with Gasteiger partial charge in [0.25, 0.3) is 0 Å². The predicted molar refractivity (Wildman–Crippen MR) is 86.8 cm³/mol. The largest absolute Gasteiger partial charge is 0.481 e. The number of carboxylic acids is 1. The SMILES string of the molecule is O=C(O)C1CCCN(CC(=O)N(Cc2ccccc2)C2CC2)C1. The lowest BCUT2D eigenvalue weighted by molar-refractivity contribution is -0.145. The number of amides is 1. The van der Waals surface area contributed by atoms with Crippen molar-refractivity contribution in [3.8, 4) is 0 Å². The van der Waals surface area contributed by atoms with E-state index < -0.39 is 5.97 Å². The van der Waals surface area contributed by atoms with E-state index in [9.17, 15) is 14.7 Å². The first-order chi connectivity index (χ1) is 11.1. The van der Waals surface area contributed by atoms with Gasteiger partial charge in [0.2, 0.25) is 5.91 Å². The quantitative estimate of drug-likeness (QED) is 0.872. The third-order valence-electron chi connectivity index (χ3n) is 4.72. The summed E-state index contributed by atoms with van der Waals surface area (Å²) in [7, 11) is 0. The molecule has 1 N–H and O–H groups in total. The average molecular weight is 316 g/mol. The Balaban J connectivity index is 1.59. The highest BCUT2D eigenvalue weighted by Gasteiger charge is 2.34. The van der Waals surface area contributed by atoms with Crippen LogP contribution in [-0.4, -0.2) is 52.5 Å². The van der Waals surface area contributed by atoms with Crippen LogP contribution in [0, 0.1) is 5.92 Å². The lowest BCUT2D eigenvalue weighted by Gasteiger charge is -2.32. The number of hydrogen-bond acceptors (Lipinski definition) is 3. The first kappa shape index (κ1) is 16.0. The molecule has 1 atom stereocenters. The van der Waals surface area contributed by atoms with Gasteiger partial charge < -0.3 is 10.0 Å². The lowest BCUT2D eigenvalue weighted by Crippen LogP contribution is -2.46. The number of nitrogens with zero attached hydrogens (tertiary/aromatic N) is 2. The van der Waals surface area contributed by atoms with E-state index >= 15 is 0 Å². The molecule has 2 fully saturated rings. The summed E-state index contributed by atoms with van der Waals surface area (Å²) in [5.41, 5.74) is 1.15. The van der Waals surface area contributed by atoms with Crippen LogP contribution in [0.15, 0.2) is 30.3 Å². The van der Waals surface area contributed by atoms with Crippen molar-refractivity contribution in [1.29, 1.82) is 0 Å². The van der Waals surface area contributed by atoms with E-state index in [1.807, 2.05) is 40.1 Å². The Bertz CT molecular complexity index is 557. The van der Waals surface area contributed by atoms with Crippen molar-refractivity contribution in [3.05, 3.63) is 35.9 Å². The number of benzene rings is 1. The predicted octanol–water partition coefficient (Wildman–Crippen LogP) is 1.97. The molecule has 1 amide bonds. The van der Waals surface area contributed by atoms with Gasteiger partial charge in [0.1, 0.15) is 0 Å². The molecule has 1 aliphatic carbocycles. The molecule has 1 aliphatic heterocycles. The zero-order valence-corrected chi connectivity index (χ0v) is 13.4. The lowest BCUT2D eigenvalue weighted by atomic mass is 9.98. The van der Waals surface area contributed by atoms with Crippen LogP contribution in [0.25, 0.3) is 0 Å². The summed E-state index contributed by atoms with van der Waals surface area (Å²) in [4.78, 5) is 27.8. The summed E-state index contributed by atoms with van der Waals surface area (Å²) in [5.74, 6) is -0.951. The molecule has 5 nitrogen and oxygen atoms in total. The first-order valence-corrected chi connectivity index (χ1v) is 8.42.